The molecular formula is C16H14N4O5. The molecule has 0 atom stereocenters. The highest BCUT2D eigenvalue weighted by Crippen LogP contribution is 2.18. The average molecular weight is 342 g/mol. The number of carboxylic acids is 1. The van der Waals surface area contributed by atoms with E-state index in [9.17, 15) is 14.4 Å². The van der Waals surface area contributed by atoms with Gasteiger partial charge in [0, 0.05) is 18.0 Å². The maximum Gasteiger partial charge on any atom is 0.356 e. The Bertz CT molecular complexity index is 869. The summed E-state index contributed by atoms with van der Waals surface area (Å²) in [7, 11) is 0. The number of aromatic carboxylic acids is 1. The molecule has 3 N–H and O–H groups in total. The van der Waals surface area contributed by atoms with Gasteiger partial charge in [0.15, 0.2) is 5.69 Å². The third-order valence-corrected chi connectivity index (χ3v) is 3.55. The fourth-order valence-corrected chi connectivity index (χ4v) is 2.34. The predicted molar refractivity (Wildman–Crippen MR) is 86.0 cm³/mol. The zero-order valence-corrected chi connectivity index (χ0v) is 12.9. The number of rotatable bonds is 6. The number of amides is 2. The third kappa shape index (κ3) is 3.26. The lowest BCUT2D eigenvalue weighted by molar-refractivity contribution is -0.137. The SMILES string of the molecule is O=C(O)c1ccn(-c2ccc(NC3=CC(=O)N(CCO)C3=O)cc2)n1. The number of nitrogens with one attached hydrogen (secondary N) is 1. The highest BCUT2D eigenvalue weighted by Gasteiger charge is 2.30. The first kappa shape index (κ1) is 16.4. The van der Waals surface area contributed by atoms with Gasteiger partial charge in [0.2, 0.25) is 0 Å². The maximum absolute atomic E-state index is 12.1. The van der Waals surface area contributed by atoms with Gasteiger partial charge in [-0.25, -0.2) is 9.48 Å². The minimum absolute atomic E-state index is 0.0521. The topological polar surface area (TPSA) is 125 Å². The molecule has 3 rings (SSSR count). The van der Waals surface area contributed by atoms with Crippen molar-refractivity contribution in [2.45, 2.75) is 0 Å². The van der Waals surface area contributed by atoms with E-state index in [0.717, 1.165) is 4.90 Å². The number of aromatic nitrogens is 2. The molecule has 0 radical (unpaired) electrons. The summed E-state index contributed by atoms with van der Waals surface area (Å²) in [6.07, 6.45) is 2.71. The van der Waals surface area contributed by atoms with Crippen LogP contribution in [0.2, 0.25) is 0 Å². The van der Waals surface area contributed by atoms with E-state index >= 15 is 0 Å². The van der Waals surface area contributed by atoms with Crippen LogP contribution in [0.3, 0.4) is 0 Å². The summed E-state index contributed by atoms with van der Waals surface area (Å²) in [5.41, 5.74) is 1.28. The third-order valence-electron chi connectivity index (χ3n) is 3.55. The molecule has 2 aromatic rings. The van der Waals surface area contributed by atoms with Gasteiger partial charge in [-0.05, 0) is 30.3 Å². The van der Waals surface area contributed by atoms with E-state index < -0.39 is 17.8 Å². The van der Waals surface area contributed by atoms with Crippen LogP contribution in [0.1, 0.15) is 10.5 Å². The van der Waals surface area contributed by atoms with Crippen molar-refractivity contribution in [3.63, 3.8) is 0 Å². The Morgan fingerprint density at radius 3 is 2.48 bits per heavy atom. The summed E-state index contributed by atoms with van der Waals surface area (Å²) in [6.45, 7) is -0.348. The lowest BCUT2D eigenvalue weighted by Gasteiger charge is -2.13. The van der Waals surface area contributed by atoms with Gasteiger partial charge in [0.05, 0.1) is 18.8 Å². The second-order valence-electron chi connectivity index (χ2n) is 5.20. The Morgan fingerprint density at radius 1 is 1.16 bits per heavy atom. The van der Waals surface area contributed by atoms with E-state index in [2.05, 4.69) is 10.4 Å². The number of anilines is 1. The predicted octanol–water partition coefficient (Wildman–Crippen LogP) is 0.227. The highest BCUT2D eigenvalue weighted by molar-refractivity contribution is 6.17. The normalized spacial score (nSPS) is 14.0. The molecule has 0 spiro atoms. The Morgan fingerprint density at radius 2 is 1.88 bits per heavy atom. The van der Waals surface area contributed by atoms with E-state index in [1.54, 1.807) is 24.3 Å². The van der Waals surface area contributed by atoms with Crippen LogP contribution in [0, 0.1) is 0 Å². The van der Waals surface area contributed by atoms with Crippen molar-refractivity contribution < 1.29 is 24.6 Å². The highest BCUT2D eigenvalue weighted by atomic mass is 16.4. The van der Waals surface area contributed by atoms with Gasteiger partial charge < -0.3 is 15.5 Å². The molecule has 1 aliphatic rings. The number of nitrogens with zero attached hydrogens (tertiary/aromatic N) is 3. The number of benzene rings is 1. The first-order valence-corrected chi connectivity index (χ1v) is 7.34. The average Bonchev–Trinajstić information content (AvgIpc) is 3.17. The van der Waals surface area contributed by atoms with E-state index in [1.165, 1.54) is 23.0 Å². The zero-order valence-electron chi connectivity index (χ0n) is 12.9. The number of imide groups is 1. The quantitative estimate of drug-likeness (QED) is 0.642. The molecule has 9 heteroatoms. The van der Waals surface area contributed by atoms with Crippen molar-refractivity contribution in [3.05, 3.63) is 54.0 Å². The van der Waals surface area contributed by atoms with Crippen LogP contribution in [0.5, 0.6) is 0 Å². The van der Waals surface area contributed by atoms with Gasteiger partial charge in [0.25, 0.3) is 11.8 Å². The van der Waals surface area contributed by atoms with Gasteiger partial charge in [-0.15, -0.1) is 0 Å². The molecule has 1 aromatic heterocycles. The molecule has 0 aliphatic carbocycles. The number of carboxylic acid groups (broad SMARTS) is 1. The van der Waals surface area contributed by atoms with Crippen LogP contribution >= 0.6 is 0 Å². The Labute approximate surface area is 141 Å². The fraction of sp³-hybridized carbons (Fsp3) is 0.125. The van der Waals surface area contributed by atoms with E-state index in [0.29, 0.717) is 11.4 Å². The molecule has 0 bridgehead atoms. The molecule has 0 unspecified atom stereocenters. The second-order valence-corrected chi connectivity index (χ2v) is 5.20. The number of hydrogen-bond donors (Lipinski definition) is 3. The standard InChI is InChI=1S/C16H14N4O5/c21-8-7-19-14(22)9-13(15(19)23)17-10-1-3-11(4-2-10)20-6-5-12(18-20)16(24)25/h1-6,9,17,21H,7-8H2,(H,24,25). The lowest BCUT2D eigenvalue weighted by atomic mass is 10.2. The number of hydrogen-bond acceptors (Lipinski definition) is 6. The first-order valence-electron chi connectivity index (χ1n) is 7.34. The number of carbonyl (C=O) groups excluding carboxylic acids is 2. The first-order chi connectivity index (χ1) is 12.0. The van der Waals surface area contributed by atoms with E-state index in [4.69, 9.17) is 10.2 Å². The number of β-amino-alcohol motifs (C(OH)–C–C–N with tert-alkyl or cyclic N) is 1. The van der Waals surface area contributed by atoms with Crippen LogP contribution in [-0.4, -0.2) is 55.8 Å². The fourth-order valence-electron chi connectivity index (χ4n) is 2.34. The summed E-state index contributed by atoms with van der Waals surface area (Å²) in [5.74, 6) is -2.09. The van der Waals surface area contributed by atoms with Crippen LogP contribution in [-0.2, 0) is 9.59 Å². The summed E-state index contributed by atoms with van der Waals surface area (Å²) in [6, 6.07) is 8.11. The minimum Gasteiger partial charge on any atom is -0.476 e. The molecule has 25 heavy (non-hydrogen) atoms. The molecule has 0 saturated heterocycles. The molecule has 2 heterocycles. The second kappa shape index (κ2) is 6.57. The molecule has 9 nitrogen and oxygen atoms in total. The van der Waals surface area contributed by atoms with Gasteiger partial charge in [-0.1, -0.05) is 0 Å². The zero-order chi connectivity index (χ0) is 18.0. The van der Waals surface area contributed by atoms with E-state index in [-0.39, 0.29) is 24.5 Å². The van der Waals surface area contributed by atoms with Crippen molar-refractivity contribution >= 4 is 23.5 Å². The molecule has 0 fully saturated rings. The monoisotopic (exact) mass is 342 g/mol. The van der Waals surface area contributed by atoms with Crippen LogP contribution in [0.4, 0.5) is 5.69 Å². The summed E-state index contributed by atoms with van der Waals surface area (Å²) in [5, 5.41) is 24.5. The van der Waals surface area contributed by atoms with Crippen LogP contribution in [0.25, 0.3) is 5.69 Å². The molecule has 1 aliphatic heterocycles. The van der Waals surface area contributed by atoms with Gasteiger partial charge in [0.1, 0.15) is 5.70 Å². The summed E-state index contributed by atoms with van der Waals surface area (Å²) >= 11 is 0. The van der Waals surface area contributed by atoms with Crippen molar-refractivity contribution in [1.29, 1.82) is 0 Å². The minimum atomic E-state index is -1.11. The number of aliphatic hydroxyl groups is 1. The van der Waals surface area contributed by atoms with Gasteiger partial charge >= 0.3 is 5.97 Å². The Balaban J connectivity index is 1.73. The van der Waals surface area contributed by atoms with Crippen molar-refractivity contribution in [2.24, 2.45) is 0 Å². The summed E-state index contributed by atoms with van der Waals surface area (Å²) < 4.78 is 1.42. The van der Waals surface area contributed by atoms with E-state index in [1.807, 2.05) is 0 Å². The van der Waals surface area contributed by atoms with Gasteiger partial charge in [-0.3, -0.25) is 14.5 Å². The van der Waals surface area contributed by atoms with Crippen molar-refractivity contribution in [1.82, 2.24) is 14.7 Å². The van der Waals surface area contributed by atoms with Crippen LogP contribution in [0.15, 0.2) is 48.3 Å². The Hall–Kier alpha value is -3.46. The number of carbonyl (C=O) groups is 3. The molecule has 128 valence electrons. The van der Waals surface area contributed by atoms with Crippen molar-refractivity contribution in [2.75, 3.05) is 18.5 Å². The lowest BCUT2D eigenvalue weighted by Crippen LogP contribution is -2.34. The summed E-state index contributed by atoms with van der Waals surface area (Å²) in [4.78, 5) is 35.6. The maximum atomic E-state index is 12.1. The Kier molecular flexibility index (Phi) is 4.31. The van der Waals surface area contributed by atoms with Gasteiger partial charge in [-0.2, -0.15) is 5.10 Å². The van der Waals surface area contributed by atoms with Crippen molar-refractivity contribution in [3.8, 4) is 5.69 Å². The molecule has 0 saturated carbocycles. The molecular weight excluding hydrogens is 328 g/mol. The number of aliphatic hydroxyl groups excluding tert-OH is 1. The smallest absolute Gasteiger partial charge is 0.356 e. The van der Waals surface area contributed by atoms with Crippen LogP contribution < -0.4 is 5.32 Å². The molecule has 1 aromatic carbocycles. The largest absolute Gasteiger partial charge is 0.476 e. The molecule has 2 amide bonds.